The predicted octanol–water partition coefficient (Wildman–Crippen LogP) is 2.26. The number of nitrogens with zero attached hydrogens (tertiary/aromatic N) is 2. The lowest BCUT2D eigenvalue weighted by Gasteiger charge is -2.09. The van der Waals surface area contributed by atoms with E-state index >= 15 is 0 Å². The summed E-state index contributed by atoms with van der Waals surface area (Å²) >= 11 is 1.41. The maximum atomic E-state index is 11.9. The van der Waals surface area contributed by atoms with E-state index in [0.717, 1.165) is 21.7 Å². The van der Waals surface area contributed by atoms with Gasteiger partial charge in [-0.15, -0.1) is 11.3 Å². The summed E-state index contributed by atoms with van der Waals surface area (Å²) in [6.07, 6.45) is 0. The number of hydrogen-bond donors (Lipinski definition) is 2. The Labute approximate surface area is 149 Å². The molecule has 0 aliphatic rings. The van der Waals surface area contributed by atoms with Crippen molar-refractivity contribution in [3.63, 3.8) is 0 Å². The molecule has 0 aliphatic carbocycles. The minimum atomic E-state index is -0.218. The summed E-state index contributed by atoms with van der Waals surface area (Å²) < 4.78 is 2.07. The molecule has 2 N–H and O–H groups in total. The number of hydrogen-bond acceptors (Lipinski definition) is 4. The molecule has 0 unspecified atom stereocenters. The van der Waals surface area contributed by atoms with E-state index in [0.29, 0.717) is 18.0 Å². The van der Waals surface area contributed by atoms with Crippen molar-refractivity contribution in [2.75, 3.05) is 13.1 Å². The number of nitrogens with one attached hydrogen (secondary N) is 2. The molecule has 0 aliphatic heterocycles. The Hall–Kier alpha value is -2.67. The van der Waals surface area contributed by atoms with Gasteiger partial charge in [-0.2, -0.15) is 0 Å². The molecule has 130 valence electrons. The number of fused-ring (bicyclic) bond motifs is 1. The van der Waals surface area contributed by atoms with Gasteiger partial charge in [0.1, 0.15) is 5.82 Å². The zero-order valence-electron chi connectivity index (χ0n) is 14.2. The van der Waals surface area contributed by atoms with Gasteiger partial charge in [-0.05, 0) is 38.1 Å². The van der Waals surface area contributed by atoms with Crippen molar-refractivity contribution < 1.29 is 9.59 Å². The predicted molar refractivity (Wildman–Crippen MR) is 98.9 cm³/mol. The fraction of sp³-hybridized carbons (Fsp3) is 0.278. The van der Waals surface area contributed by atoms with Crippen LogP contribution in [0.5, 0.6) is 0 Å². The van der Waals surface area contributed by atoms with Crippen LogP contribution in [-0.2, 0) is 11.3 Å². The Kier molecular flexibility index (Phi) is 5.14. The lowest BCUT2D eigenvalue weighted by Crippen LogP contribution is -2.38. The first-order valence-corrected chi connectivity index (χ1v) is 8.89. The molecule has 2 heterocycles. The number of carbonyl (C=O) groups excluding carboxylic acids is 2. The highest BCUT2D eigenvalue weighted by molar-refractivity contribution is 7.13. The smallest absolute Gasteiger partial charge is 0.261 e. The van der Waals surface area contributed by atoms with Crippen molar-refractivity contribution in [2.45, 2.75) is 20.4 Å². The summed E-state index contributed by atoms with van der Waals surface area (Å²) in [7, 11) is 0. The summed E-state index contributed by atoms with van der Waals surface area (Å²) in [5, 5.41) is 5.46. The molecule has 0 saturated carbocycles. The molecule has 0 saturated heterocycles. The molecule has 3 rings (SSSR count). The third-order valence-corrected chi connectivity index (χ3v) is 4.88. The second-order valence-corrected chi connectivity index (χ2v) is 7.03. The zero-order valence-corrected chi connectivity index (χ0v) is 15.0. The number of aryl methyl sites for hydroxylation is 2. The molecular weight excluding hydrogens is 336 g/mol. The van der Waals surface area contributed by atoms with Crippen molar-refractivity contribution in [1.29, 1.82) is 0 Å². The quantitative estimate of drug-likeness (QED) is 0.711. The van der Waals surface area contributed by atoms with E-state index in [9.17, 15) is 9.59 Å². The van der Waals surface area contributed by atoms with Crippen LogP contribution in [0.25, 0.3) is 11.0 Å². The molecule has 2 amide bonds. The minimum absolute atomic E-state index is 0.0283. The van der Waals surface area contributed by atoms with Gasteiger partial charge in [0, 0.05) is 18.0 Å². The van der Waals surface area contributed by atoms with Crippen LogP contribution >= 0.6 is 11.3 Å². The maximum Gasteiger partial charge on any atom is 0.261 e. The lowest BCUT2D eigenvalue weighted by molar-refractivity contribution is -0.120. The van der Waals surface area contributed by atoms with Crippen LogP contribution in [0.2, 0.25) is 0 Å². The fourth-order valence-electron chi connectivity index (χ4n) is 2.65. The van der Waals surface area contributed by atoms with Gasteiger partial charge in [-0.25, -0.2) is 4.98 Å². The van der Waals surface area contributed by atoms with E-state index < -0.39 is 0 Å². The Bertz CT molecular complexity index is 913. The van der Waals surface area contributed by atoms with E-state index in [2.05, 4.69) is 20.2 Å². The molecule has 1 aromatic carbocycles. The van der Waals surface area contributed by atoms with Crippen LogP contribution in [0.4, 0.5) is 0 Å². The minimum Gasteiger partial charge on any atom is -0.353 e. The van der Waals surface area contributed by atoms with Crippen molar-refractivity contribution in [2.24, 2.45) is 0 Å². The van der Waals surface area contributed by atoms with E-state index in [1.165, 1.54) is 11.3 Å². The highest BCUT2D eigenvalue weighted by Crippen LogP contribution is 2.15. The summed E-state index contributed by atoms with van der Waals surface area (Å²) in [6.45, 7) is 4.98. The highest BCUT2D eigenvalue weighted by atomic mass is 32.1. The Morgan fingerprint density at radius 3 is 2.68 bits per heavy atom. The number of para-hydroxylation sites is 2. The van der Waals surface area contributed by atoms with Gasteiger partial charge in [0.25, 0.3) is 5.91 Å². The summed E-state index contributed by atoms with van der Waals surface area (Å²) in [4.78, 5) is 30.0. The van der Waals surface area contributed by atoms with Gasteiger partial charge in [-0.3, -0.25) is 9.59 Å². The van der Waals surface area contributed by atoms with E-state index in [1.54, 1.807) is 6.07 Å². The fourth-order valence-corrected chi connectivity index (χ4v) is 3.44. The topological polar surface area (TPSA) is 76.0 Å². The molecule has 0 atom stereocenters. The number of rotatable bonds is 6. The second-order valence-electron chi connectivity index (χ2n) is 5.74. The van der Waals surface area contributed by atoms with Gasteiger partial charge < -0.3 is 15.2 Å². The zero-order chi connectivity index (χ0) is 17.8. The van der Waals surface area contributed by atoms with Crippen molar-refractivity contribution in [3.05, 3.63) is 52.0 Å². The SMILES string of the molecule is Cc1ccc(C(=O)NCC(=O)NCCn2c(C)nc3ccccc32)s1. The number of thiophene rings is 1. The van der Waals surface area contributed by atoms with Crippen LogP contribution in [0, 0.1) is 13.8 Å². The van der Waals surface area contributed by atoms with Gasteiger partial charge in [0.05, 0.1) is 22.5 Å². The van der Waals surface area contributed by atoms with Crippen LogP contribution in [0.15, 0.2) is 36.4 Å². The molecule has 0 radical (unpaired) electrons. The lowest BCUT2D eigenvalue weighted by atomic mass is 10.3. The monoisotopic (exact) mass is 356 g/mol. The van der Waals surface area contributed by atoms with Crippen LogP contribution in [-0.4, -0.2) is 34.5 Å². The molecule has 2 aromatic heterocycles. The molecule has 7 heteroatoms. The third-order valence-electron chi connectivity index (χ3n) is 3.88. The number of amides is 2. The molecule has 0 bridgehead atoms. The van der Waals surface area contributed by atoms with Gasteiger partial charge in [-0.1, -0.05) is 12.1 Å². The Balaban J connectivity index is 1.48. The van der Waals surface area contributed by atoms with E-state index in [1.807, 2.05) is 44.2 Å². The first-order valence-electron chi connectivity index (χ1n) is 8.08. The van der Waals surface area contributed by atoms with Crippen LogP contribution in [0.3, 0.4) is 0 Å². The largest absolute Gasteiger partial charge is 0.353 e. The number of aromatic nitrogens is 2. The summed E-state index contributed by atoms with van der Waals surface area (Å²) in [5.41, 5.74) is 2.00. The van der Waals surface area contributed by atoms with Gasteiger partial charge in [0.15, 0.2) is 0 Å². The van der Waals surface area contributed by atoms with E-state index in [4.69, 9.17) is 0 Å². The maximum absolute atomic E-state index is 11.9. The Morgan fingerprint density at radius 1 is 1.12 bits per heavy atom. The molecule has 3 aromatic rings. The van der Waals surface area contributed by atoms with Crippen molar-refractivity contribution in [3.8, 4) is 0 Å². The second kappa shape index (κ2) is 7.48. The average molecular weight is 356 g/mol. The first kappa shape index (κ1) is 17.2. The first-order chi connectivity index (χ1) is 12.0. The van der Waals surface area contributed by atoms with Crippen LogP contribution in [0.1, 0.15) is 20.4 Å². The molecular formula is C18H20N4O2S. The number of carbonyl (C=O) groups is 2. The molecule has 0 fully saturated rings. The van der Waals surface area contributed by atoms with Crippen molar-refractivity contribution >= 4 is 34.2 Å². The summed E-state index contributed by atoms with van der Waals surface area (Å²) in [5.74, 6) is 0.491. The molecule has 25 heavy (non-hydrogen) atoms. The van der Waals surface area contributed by atoms with Crippen molar-refractivity contribution in [1.82, 2.24) is 20.2 Å². The molecule has 6 nitrogen and oxygen atoms in total. The Morgan fingerprint density at radius 2 is 1.92 bits per heavy atom. The normalized spacial score (nSPS) is 10.8. The number of benzene rings is 1. The summed E-state index contributed by atoms with van der Waals surface area (Å²) in [6, 6.07) is 11.6. The number of imidazole rings is 1. The molecule has 0 spiro atoms. The van der Waals surface area contributed by atoms with Gasteiger partial charge >= 0.3 is 0 Å². The standard InChI is InChI=1S/C18H20N4O2S/c1-12-7-8-16(25-12)18(24)20-11-17(23)19-9-10-22-13(2)21-14-5-3-4-6-15(14)22/h3-8H,9-11H2,1-2H3,(H,19,23)(H,20,24). The average Bonchev–Trinajstić information content (AvgIpc) is 3.16. The van der Waals surface area contributed by atoms with Gasteiger partial charge in [0.2, 0.25) is 5.91 Å². The van der Waals surface area contributed by atoms with E-state index in [-0.39, 0.29) is 18.4 Å². The third kappa shape index (κ3) is 4.06. The van der Waals surface area contributed by atoms with Crippen LogP contribution < -0.4 is 10.6 Å². The highest BCUT2D eigenvalue weighted by Gasteiger charge is 2.10.